The molecule has 1 aromatic carbocycles. The Bertz CT molecular complexity index is 604. The summed E-state index contributed by atoms with van der Waals surface area (Å²) in [7, 11) is 1.86. The van der Waals surface area contributed by atoms with Gasteiger partial charge in [0.1, 0.15) is 11.6 Å². The Morgan fingerprint density at radius 1 is 1.29 bits per heavy atom. The first-order valence-electron chi connectivity index (χ1n) is 7.06. The van der Waals surface area contributed by atoms with Gasteiger partial charge < -0.3 is 10.1 Å². The Labute approximate surface area is 134 Å². The molecule has 112 valence electrons. The molecule has 0 amide bonds. The molecule has 1 heterocycles. The standard InChI is InChI=1S/C16H20BrN3O/c1-5-13-14(17)16(18-4)20-15(19-13)11-7-6-8-12(9-11)21-10(2)3/h6-10H,5H2,1-4H3,(H,18,19,20). The highest BCUT2D eigenvalue weighted by Gasteiger charge is 2.12. The molecule has 21 heavy (non-hydrogen) atoms. The fourth-order valence-electron chi connectivity index (χ4n) is 2.00. The van der Waals surface area contributed by atoms with E-state index in [9.17, 15) is 0 Å². The van der Waals surface area contributed by atoms with Crippen LogP contribution in [0.25, 0.3) is 11.4 Å². The summed E-state index contributed by atoms with van der Waals surface area (Å²) >= 11 is 3.54. The zero-order chi connectivity index (χ0) is 15.4. The van der Waals surface area contributed by atoms with E-state index in [1.54, 1.807) is 0 Å². The molecule has 4 nitrogen and oxygen atoms in total. The van der Waals surface area contributed by atoms with Crippen molar-refractivity contribution >= 4 is 21.7 Å². The highest BCUT2D eigenvalue weighted by molar-refractivity contribution is 9.10. The normalized spacial score (nSPS) is 10.8. The molecule has 0 aliphatic carbocycles. The quantitative estimate of drug-likeness (QED) is 0.874. The van der Waals surface area contributed by atoms with Gasteiger partial charge >= 0.3 is 0 Å². The second-order valence-electron chi connectivity index (χ2n) is 4.95. The van der Waals surface area contributed by atoms with Crippen molar-refractivity contribution in [1.82, 2.24) is 9.97 Å². The van der Waals surface area contributed by atoms with E-state index in [0.29, 0.717) is 5.82 Å². The molecule has 1 aromatic heterocycles. The van der Waals surface area contributed by atoms with Crippen LogP contribution in [0.4, 0.5) is 5.82 Å². The second-order valence-corrected chi connectivity index (χ2v) is 5.75. The molecule has 1 N–H and O–H groups in total. The van der Waals surface area contributed by atoms with Crippen molar-refractivity contribution < 1.29 is 4.74 Å². The lowest BCUT2D eigenvalue weighted by atomic mass is 10.2. The number of hydrogen-bond acceptors (Lipinski definition) is 4. The first kappa shape index (κ1) is 15.8. The second kappa shape index (κ2) is 6.89. The lowest BCUT2D eigenvalue weighted by Crippen LogP contribution is -2.06. The number of aryl methyl sites for hydroxylation is 1. The summed E-state index contributed by atoms with van der Waals surface area (Å²) in [5, 5.41) is 3.10. The van der Waals surface area contributed by atoms with Gasteiger partial charge in [0, 0.05) is 12.6 Å². The van der Waals surface area contributed by atoms with Crippen molar-refractivity contribution in [1.29, 1.82) is 0 Å². The van der Waals surface area contributed by atoms with Crippen LogP contribution in [0.5, 0.6) is 5.75 Å². The van der Waals surface area contributed by atoms with E-state index in [1.807, 2.05) is 45.2 Å². The van der Waals surface area contributed by atoms with E-state index in [1.165, 1.54) is 0 Å². The predicted octanol–water partition coefficient (Wildman–Crippen LogP) is 4.30. The predicted molar refractivity (Wildman–Crippen MR) is 89.9 cm³/mol. The number of nitrogens with zero attached hydrogens (tertiary/aromatic N) is 2. The summed E-state index contributed by atoms with van der Waals surface area (Å²) < 4.78 is 6.65. The monoisotopic (exact) mass is 349 g/mol. The summed E-state index contributed by atoms with van der Waals surface area (Å²) in [6, 6.07) is 7.88. The van der Waals surface area contributed by atoms with Crippen LogP contribution in [0.15, 0.2) is 28.7 Å². The fourth-order valence-corrected chi connectivity index (χ4v) is 2.66. The van der Waals surface area contributed by atoms with Crippen LogP contribution in [-0.4, -0.2) is 23.1 Å². The van der Waals surface area contributed by atoms with E-state index < -0.39 is 0 Å². The third-order valence-electron chi connectivity index (χ3n) is 2.96. The van der Waals surface area contributed by atoms with Gasteiger partial charge in [0.15, 0.2) is 5.82 Å². The van der Waals surface area contributed by atoms with Gasteiger partial charge in [0.05, 0.1) is 16.3 Å². The Kier molecular flexibility index (Phi) is 5.17. The summed E-state index contributed by atoms with van der Waals surface area (Å²) in [5.41, 5.74) is 1.94. The molecule has 2 rings (SSSR count). The average Bonchev–Trinajstić information content (AvgIpc) is 2.47. The van der Waals surface area contributed by atoms with Crippen molar-refractivity contribution in [3.8, 4) is 17.1 Å². The molecule has 2 aromatic rings. The van der Waals surface area contributed by atoms with Gasteiger partial charge in [-0.2, -0.15) is 0 Å². The van der Waals surface area contributed by atoms with Crippen molar-refractivity contribution in [3.63, 3.8) is 0 Å². The number of hydrogen-bond donors (Lipinski definition) is 1. The highest BCUT2D eigenvalue weighted by atomic mass is 79.9. The topological polar surface area (TPSA) is 47.0 Å². The molecule has 0 bridgehead atoms. The van der Waals surface area contributed by atoms with Gasteiger partial charge in [0.2, 0.25) is 0 Å². The summed E-state index contributed by atoms with van der Waals surface area (Å²) in [6.07, 6.45) is 0.984. The maximum Gasteiger partial charge on any atom is 0.161 e. The molecular formula is C16H20BrN3O. The molecule has 0 fully saturated rings. The third-order valence-corrected chi connectivity index (χ3v) is 3.79. The molecular weight excluding hydrogens is 330 g/mol. The lowest BCUT2D eigenvalue weighted by Gasteiger charge is -2.12. The number of halogens is 1. The number of aromatic nitrogens is 2. The zero-order valence-corrected chi connectivity index (χ0v) is 14.4. The molecule has 0 atom stereocenters. The summed E-state index contributed by atoms with van der Waals surface area (Å²) in [6.45, 7) is 6.10. The number of anilines is 1. The van der Waals surface area contributed by atoms with Gasteiger partial charge in [-0.3, -0.25) is 0 Å². The van der Waals surface area contributed by atoms with Crippen molar-refractivity contribution in [2.75, 3.05) is 12.4 Å². The SMILES string of the molecule is CCc1nc(-c2cccc(OC(C)C)c2)nc(NC)c1Br. The molecule has 0 aliphatic heterocycles. The Hall–Kier alpha value is -1.62. The Morgan fingerprint density at radius 3 is 2.67 bits per heavy atom. The maximum absolute atomic E-state index is 5.73. The minimum absolute atomic E-state index is 0.144. The maximum atomic E-state index is 5.73. The van der Waals surface area contributed by atoms with Crippen LogP contribution in [-0.2, 0) is 6.42 Å². The molecule has 0 spiro atoms. The van der Waals surface area contributed by atoms with Crippen LogP contribution >= 0.6 is 15.9 Å². The van der Waals surface area contributed by atoms with E-state index in [-0.39, 0.29) is 6.10 Å². The Morgan fingerprint density at radius 2 is 2.05 bits per heavy atom. The van der Waals surface area contributed by atoms with Gasteiger partial charge in [-0.15, -0.1) is 0 Å². The number of nitrogens with one attached hydrogen (secondary N) is 1. The van der Waals surface area contributed by atoms with Crippen LogP contribution in [0.3, 0.4) is 0 Å². The van der Waals surface area contributed by atoms with E-state index in [0.717, 1.165) is 33.7 Å². The van der Waals surface area contributed by atoms with E-state index in [4.69, 9.17) is 4.74 Å². The number of ether oxygens (including phenoxy) is 1. The van der Waals surface area contributed by atoms with Gasteiger partial charge in [-0.05, 0) is 48.3 Å². The highest BCUT2D eigenvalue weighted by Crippen LogP contribution is 2.28. The Balaban J connectivity index is 2.46. The first-order valence-corrected chi connectivity index (χ1v) is 7.85. The first-order chi connectivity index (χ1) is 10.0. The average molecular weight is 350 g/mol. The van der Waals surface area contributed by atoms with Crippen LogP contribution in [0.2, 0.25) is 0 Å². The molecule has 0 radical (unpaired) electrons. The largest absolute Gasteiger partial charge is 0.491 e. The molecule has 0 unspecified atom stereocenters. The van der Waals surface area contributed by atoms with Gasteiger partial charge in [-0.25, -0.2) is 9.97 Å². The summed E-state index contributed by atoms with van der Waals surface area (Å²) in [4.78, 5) is 9.20. The zero-order valence-electron chi connectivity index (χ0n) is 12.8. The smallest absolute Gasteiger partial charge is 0.161 e. The fraction of sp³-hybridized carbons (Fsp3) is 0.375. The minimum Gasteiger partial charge on any atom is -0.491 e. The van der Waals surface area contributed by atoms with Crippen molar-refractivity contribution in [3.05, 3.63) is 34.4 Å². The number of benzene rings is 1. The lowest BCUT2D eigenvalue weighted by molar-refractivity contribution is 0.242. The van der Waals surface area contributed by atoms with Crippen LogP contribution < -0.4 is 10.1 Å². The van der Waals surface area contributed by atoms with Crippen molar-refractivity contribution in [2.24, 2.45) is 0 Å². The minimum atomic E-state index is 0.144. The molecule has 0 saturated carbocycles. The molecule has 0 saturated heterocycles. The van der Waals surface area contributed by atoms with Gasteiger partial charge in [0.25, 0.3) is 0 Å². The molecule has 0 aliphatic rings. The third kappa shape index (κ3) is 3.73. The van der Waals surface area contributed by atoms with E-state index in [2.05, 4.69) is 38.1 Å². The van der Waals surface area contributed by atoms with Crippen molar-refractivity contribution in [2.45, 2.75) is 33.3 Å². The number of rotatable bonds is 5. The summed E-state index contributed by atoms with van der Waals surface area (Å²) in [5.74, 6) is 2.33. The van der Waals surface area contributed by atoms with Gasteiger partial charge in [-0.1, -0.05) is 19.1 Å². The van der Waals surface area contributed by atoms with Crippen LogP contribution in [0.1, 0.15) is 26.5 Å². The van der Waals surface area contributed by atoms with Crippen LogP contribution in [0, 0.1) is 0 Å². The molecule has 5 heteroatoms. The van der Waals surface area contributed by atoms with E-state index >= 15 is 0 Å².